The summed E-state index contributed by atoms with van der Waals surface area (Å²) in [5.41, 5.74) is 1.59. The minimum absolute atomic E-state index is 0.331. The van der Waals surface area contributed by atoms with Crippen molar-refractivity contribution in [3.63, 3.8) is 0 Å². The first-order chi connectivity index (χ1) is 7.24. The van der Waals surface area contributed by atoms with Gasteiger partial charge in [-0.3, -0.25) is 0 Å². The van der Waals surface area contributed by atoms with E-state index in [4.69, 9.17) is 16.3 Å². The molecular weight excluding hydrogens is 212 g/mol. The lowest BCUT2D eigenvalue weighted by molar-refractivity contribution is 0.0598. The molecule has 0 bridgehead atoms. The first-order valence-electron chi connectivity index (χ1n) is 5.10. The number of ether oxygens (including phenoxy) is 1. The lowest BCUT2D eigenvalue weighted by Gasteiger charge is -2.27. The fourth-order valence-corrected chi connectivity index (χ4v) is 2.18. The van der Waals surface area contributed by atoms with Gasteiger partial charge in [0, 0.05) is 0 Å². The Hall–Kier alpha value is -1.02. The van der Waals surface area contributed by atoms with Crippen molar-refractivity contribution in [3.05, 3.63) is 34.3 Å². The summed E-state index contributed by atoms with van der Waals surface area (Å²) in [6, 6.07) is 5.60. The van der Waals surface area contributed by atoms with Gasteiger partial charge in [-0.05, 0) is 30.4 Å². The van der Waals surface area contributed by atoms with E-state index in [2.05, 4.69) is 0 Å². The first kappa shape index (κ1) is 10.5. The van der Waals surface area contributed by atoms with Gasteiger partial charge in [-0.25, -0.2) is 4.79 Å². The Labute approximate surface area is 94.2 Å². The molecule has 1 saturated carbocycles. The molecule has 0 aromatic heterocycles. The van der Waals surface area contributed by atoms with E-state index in [0.29, 0.717) is 16.5 Å². The van der Waals surface area contributed by atoms with Crippen molar-refractivity contribution in [1.82, 2.24) is 0 Å². The SMILES string of the molecule is COC(=O)c1c(Cl)cccc1C1CCC1. The lowest BCUT2D eigenvalue weighted by atomic mass is 9.78. The van der Waals surface area contributed by atoms with Gasteiger partial charge >= 0.3 is 5.97 Å². The van der Waals surface area contributed by atoms with E-state index in [0.717, 1.165) is 18.4 Å². The third-order valence-electron chi connectivity index (χ3n) is 2.98. The summed E-state index contributed by atoms with van der Waals surface area (Å²) in [5.74, 6) is 0.153. The Morgan fingerprint density at radius 3 is 2.73 bits per heavy atom. The summed E-state index contributed by atoms with van der Waals surface area (Å²) in [6.45, 7) is 0. The highest BCUT2D eigenvalue weighted by atomic mass is 35.5. The molecule has 2 nitrogen and oxygen atoms in total. The molecule has 0 unspecified atom stereocenters. The zero-order valence-corrected chi connectivity index (χ0v) is 9.38. The normalized spacial score (nSPS) is 15.9. The highest BCUT2D eigenvalue weighted by Crippen LogP contribution is 2.39. The Bertz CT molecular complexity index is 383. The molecule has 1 aliphatic rings. The molecule has 0 atom stereocenters. The van der Waals surface area contributed by atoms with Crippen LogP contribution in [0, 0.1) is 0 Å². The van der Waals surface area contributed by atoms with Crippen LogP contribution in [0.1, 0.15) is 41.1 Å². The van der Waals surface area contributed by atoms with Crippen LogP contribution in [0.5, 0.6) is 0 Å². The molecule has 0 spiro atoms. The van der Waals surface area contributed by atoms with E-state index < -0.39 is 0 Å². The average Bonchev–Trinajstić information content (AvgIpc) is 2.14. The minimum atomic E-state index is -0.331. The van der Waals surface area contributed by atoms with Gasteiger partial charge < -0.3 is 4.74 Å². The van der Waals surface area contributed by atoms with Crippen LogP contribution < -0.4 is 0 Å². The van der Waals surface area contributed by atoms with Crippen LogP contribution in [0.25, 0.3) is 0 Å². The Morgan fingerprint density at radius 1 is 1.47 bits per heavy atom. The second-order valence-corrected chi connectivity index (χ2v) is 4.23. The zero-order valence-electron chi connectivity index (χ0n) is 8.63. The van der Waals surface area contributed by atoms with Crippen LogP contribution >= 0.6 is 11.6 Å². The highest BCUT2D eigenvalue weighted by molar-refractivity contribution is 6.33. The highest BCUT2D eigenvalue weighted by Gasteiger charge is 2.26. The van der Waals surface area contributed by atoms with E-state index in [9.17, 15) is 4.79 Å². The van der Waals surface area contributed by atoms with Gasteiger partial charge in [0.25, 0.3) is 0 Å². The fraction of sp³-hybridized carbons (Fsp3) is 0.417. The number of methoxy groups -OCH3 is 1. The number of carbonyl (C=O) groups excluding carboxylic acids is 1. The number of halogens is 1. The summed E-state index contributed by atoms with van der Waals surface area (Å²) in [7, 11) is 1.39. The molecule has 0 heterocycles. The smallest absolute Gasteiger partial charge is 0.339 e. The molecule has 2 rings (SSSR count). The van der Waals surface area contributed by atoms with Gasteiger partial charge in [0.1, 0.15) is 0 Å². The molecule has 80 valence electrons. The van der Waals surface area contributed by atoms with Gasteiger partial charge in [-0.1, -0.05) is 30.2 Å². The number of hydrogen-bond donors (Lipinski definition) is 0. The van der Waals surface area contributed by atoms with Crippen LogP contribution in [0.4, 0.5) is 0 Å². The molecular formula is C12H13ClO2. The second kappa shape index (κ2) is 4.23. The maximum Gasteiger partial charge on any atom is 0.339 e. The van der Waals surface area contributed by atoms with Crippen molar-refractivity contribution in [2.24, 2.45) is 0 Å². The standard InChI is InChI=1S/C12H13ClO2/c1-15-12(14)11-9(8-4-2-5-8)6-3-7-10(11)13/h3,6-8H,2,4-5H2,1H3. The third kappa shape index (κ3) is 1.86. The molecule has 0 aliphatic heterocycles. The van der Waals surface area contributed by atoms with E-state index in [1.165, 1.54) is 13.5 Å². The van der Waals surface area contributed by atoms with Gasteiger partial charge in [-0.15, -0.1) is 0 Å². The third-order valence-corrected chi connectivity index (χ3v) is 3.30. The molecule has 0 saturated heterocycles. The van der Waals surface area contributed by atoms with Crippen molar-refractivity contribution in [2.45, 2.75) is 25.2 Å². The largest absolute Gasteiger partial charge is 0.465 e. The molecule has 1 aromatic rings. The summed E-state index contributed by atoms with van der Waals surface area (Å²) in [4.78, 5) is 11.6. The average molecular weight is 225 g/mol. The van der Waals surface area contributed by atoms with E-state index in [1.54, 1.807) is 6.07 Å². The minimum Gasteiger partial charge on any atom is -0.465 e. The van der Waals surface area contributed by atoms with Crippen LogP contribution in [0.15, 0.2) is 18.2 Å². The zero-order chi connectivity index (χ0) is 10.8. The van der Waals surface area contributed by atoms with Gasteiger partial charge in [0.15, 0.2) is 0 Å². The number of rotatable bonds is 2. The second-order valence-electron chi connectivity index (χ2n) is 3.82. The van der Waals surface area contributed by atoms with Gasteiger partial charge in [-0.2, -0.15) is 0 Å². The van der Waals surface area contributed by atoms with Crippen molar-refractivity contribution < 1.29 is 9.53 Å². The van der Waals surface area contributed by atoms with E-state index >= 15 is 0 Å². The molecule has 0 radical (unpaired) electrons. The molecule has 3 heteroatoms. The maximum atomic E-state index is 11.6. The van der Waals surface area contributed by atoms with Gasteiger partial charge in [0.2, 0.25) is 0 Å². The van der Waals surface area contributed by atoms with Crippen molar-refractivity contribution in [3.8, 4) is 0 Å². The van der Waals surface area contributed by atoms with Crippen LogP contribution in [-0.2, 0) is 4.74 Å². The van der Waals surface area contributed by atoms with Crippen molar-refractivity contribution >= 4 is 17.6 Å². The predicted octanol–water partition coefficient (Wildman–Crippen LogP) is 3.39. The van der Waals surface area contributed by atoms with E-state index in [-0.39, 0.29) is 5.97 Å². The molecule has 1 aromatic carbocycles. The van der Waals surface area contributed by atoms with E-state index in [1.807, 2.05) is 12.1 Å². The predicted molar refractivity (Wildman–Crippen MR) is 59.4 cm³/mol. The number of esters is 1. The number of benzene rings is 1. The maximum absolute atomic E-state index is 11.6. The molecule has 15 heavy (non-hydrogen) atoms. The molecule has 1 fully saturated rings. The van der Waals surface area contributed by atoms with Gasteiger partial charge in [0.05, 0.1) is 17.7 Å². The fourth-order valence-electron chi connectivity index (χ4n) is 1.92. The monoisotopic (exact) mass is 224 g/mol. The van der Waals surface area contributed by atoms with Crippen LogP contribution in [-0.4, -0.2) is 13.1 Å². The summed E-state index contributed by atoms with van der Waals surface area (Å²) >= 11 is 6.03. The summed E-state index contributed by atoms with van der Waals surface area (Å²) < 4.78 is 4.75. The Morgan fingerprint density at radius 2 is 2.20 bits per heavy atom. The van der Waals surface area contributed by atoms with Crippen molar-refractivity contribution in [1.29, 1.82) is 0 Å². The summed E-state index contributed by atoms with van der Waals surface area (Å²) in [5, 5.41) is 0.492. The quantitative estimate of drug-likeness (QED) is 0.720. The topological polar surface area (TPSA) is 26.3 Å². The Balaban J connectivity index is 2.43. The van der Waals surface area contributed by atoms with Crippen LogP contribution in [0.2, 0.25) is 5.02 Å². The number of hydrogen-bond acceptors (Lipinski definition) is 2. The first-order valence-corrected chi connectivity index (χ1v) is 5.48. The molecule has 0 N–H and O–H groups in total. The lowest BCUT2D eigenvalue weighted by Crippen LogP contribution is -2.15. The van der Waals surface area contributed by atoms with Crippen LogP contribution in [0.3, 0.4) is 0 Å². The number of carbonyl (C=O) groups is 1. The Kier molecular flexibility index (Phi) is 2.96. The van der Waals surface area contributed by atoms with Crippen molar-refractivity contribution in [2.75, 3.05) is 7.11 Å². The molecule has 0 amide bonds. The molecule has 1 aliphatic carbocycles. The summed E-state index contributed by atoms with van der Waals surface area (Å²) in [6.07, 6.45) is 3.52.